The molecule has 0 aliphatic carbocycles. The van der Waals surface area contributed by atoms with Gasteiger partial charge in [-0.25, -0.2) is 18.4 Å². The molecule has 0 radical (unpaired) electrons. The molecule has 2 aliphatic rings. The van der Waals surface area contributed by atoms with E-state index in [0.717, 1.165) is 30.4 Å². The molecule has 5 rings (SSSR count). The Morgan fingerprint density at radius 2 is 1.97 bits per heavy atom. The summed E-state index contributed by atoms with van der Waals surface area (Å²) in [5.74, 6) is -0.967. The Morgan fingerprint density at radius 3 is 2.63 bits per heavy atom. The Kier molecular flexibility index (Phi) is 6.60. The second-order valence-electron chi connectivity index (χ2n) is 9.29. The predicted molar refractivity (Wildman–Crippen MR) is 139 cm³/mol. The first-order valence-electron chi connectivity index (χ1n) is 11.8. The molecule has 1 saturated heterocycles. The number of anilines is 3. The predicted octanol–water partition coefficient (Wildman–Crippen LogP) is 3.54. The summed E-state index contributed by atoms with van der Waals surface area (Å²) in [6.45, 7) is 3.45. The van der Waals surface area contributed by atoms with Crippen LogP contribution in [0.4, 0.5) is 30.5 Å². The van der Waals surface area contributed by atoms with Crippen molar-refractivity contribution in [2.24, 2.45) is 5.73 Å². The SMILES string of the molecule is CCc1cc(N2CC(N)C2)ccc1Nc1ncc(C(F)(F)F)c(-c2cc3c(s2)C(=O)N(C)CCS3(=O)=O)n1. The number of aromatic nitrogens is 2. The van der Waals surface area contributed by atoms with Gasteiger partial charge in [0.05, 0.1) is 21.2 Å². The van der Waals surface area contributed by atoms with Crippen LogP contribution in [-0.4, -0.2) is 67.7 Å². The fourth-order valence-corrected chi connectivity index (χ4v) is 7.42. The number of hydrogen-bond donors (Lipinski definition) is 2. The summed E-state index contributed by atoms with van der Waals surface area (Å²) < 4.78 is 67.3. The summed E-state index contributed by atoms with van der Waals surface area (Å²) in [4.78, 5) is 23.7. The van der Waals surface area contributed by atoms with E-state index in [0.29, 0.717) is 29.6 Å². The monoisotopic (exact) mass is 566 g/mol. The number of nitrogens with zero attached hydrogens (tertiary/aromatic N) is 4. The molecule has 0 atom stereocenters. The van der Waals surface area contributed by atoms with Crippen molar-refractivity contribution in [3.05, 3.63) is 46.5 Å². The van der Waals surface area contributed by atoms with Gasteiger partial charge in [0.1, 0.15) is 10.4 Å². The third-order valence-corrected chi connectivity index (χ3v) is 9.56. The normalized spacial score (nSPS) is 17.7. The smallest absolute Gasteiger partial charge is 0.368 e. The van der Waals surface area contributed by atoms with Crippen molar-refractivity contribution in [2.45, 2.75) is 30.5 Å². The Bertz CT molecular complexity index is 1520. The van der Waals surface area contributed by atoms with Crippen LogP contribution in [0.1, 0.15) is 27.7 Å². The molecule has 14 heteroatoms. The van der Waals surface area contributed by atoms with Crippen LogP contribution in [0.2, 0.25) is 0 Å². The number of nitrogens with two attached hydrogens (primary N) is 1. The Morgan fingerprint density at radius 1 is 1.24 bits per heavy atom. The van der Waals surface area contributed by atoms with E-state index in [4.69, 9.17) is 5.73 Å². The summed E-state index contributed by atoms with van der Waals surface area (Å²) in [7, 11) is -2.41. The molecule has 4 heterocycles. The maximum absolute atomic E-state index is 13.9. The average molecular weight is 567 g/mol. The number of alkyl halides is 3. The maximum Gasteiger partial charge on any atom is 0.420 e. The number of benzene rings is 1. The Labute approximate surface area is 221 Å². The minimum absolute atomic E-state index is 0.00358. The third kappa shape index (κ3) is 4.83. The molecular weight excluding hydrogens is 541 g/mol. The minimum Gasteiger partial charge on any atom is -0.368 e. The van der Waals surface area contributed by atoms with Gasteiger partial charge in [-0.2, -0.15) is 13.2 Å². The van der Waals surface area contributed by atoms with Gasteiger partial charge in [0.15, 0.2) is 9.84 Å². The topological polar surface area (TPSA) is 122 Å². The van der Waals surface area contributed by atoms with Crippen molar-refractivity contribution in [3.63, 3.8) is 0 Å². The van der Waals surface area contributed by atoms with Gasteiger partial charge >= 0.3 is 6.18 Å². The van der Waals surface area contributed by atoms with E-state index >= 15 is 0 Å². The van der Waals surface area contributed by atoms with Crippen molar-refractivity contribution in [3.8, 4) is 10.6 Å². The number of fused-ring (bicyclic) bond motifs is 1. The molecule has 3 N–H and O–H groups in total. The molecule has 0 spiro atoms. The molecule has 1 fully saturated rings. The van der Waals surface area contributed by atoms with E-state index in [-0.39, 0.29) is 38.9 Å². The van der Waals surface area contributed by atoms with E-state index in [1.54, 1.807) is 0 Å². The lowest BCUT2D eigenvalue weighted by Gasteiger charge is -2.39. The van der Waals surface area contributed by atoms with Gasteiger partial charge in [-0.05, 0) is 36.2 Å². The molecule has 2 aromatic heterocycles. The summed E-state index contributed by atoms with van der Waals surface area (Å²) in [6, 6.07) is 6.93. The van der Waals surface area contributed by atoms with Crippen LogP contribution in [0.25, 0.3) is 10.6 Å². The quantitative estimate of drug-likeness (QED) is 0.481. The van der Waals surface area contributed by atoms with Crippen LogP contribution >= 0.6 is 11.3 Å². The largest absolute Gasteiger partial charge is 0.420 e. The maximum atomic E-state index is 13.9. The van der Waals surface area contributed by atoms with E-state index in [1.165, 1.54) is 11.9 Å². The van der Waals surface area contributed by atoms with E-state index in [9.17, 15) is 26.4 Å². The standard InChI is InChI=1S/C24H25F3N6O3S2/c1-3-13-8-15(33-11-14(28)12-33)4-5-17(13)30-23-29-10-16(24(25,26)27)20(31-23)18-9-19-21(37-18)22(34)32(2)6-7-38(19,35)36/h4-5,8-10,14H,3,6-7,11-12,28H2,1-2H3,(H,29,30,31). The highest BCUT2D eigenvalue weighted by atomic mass is 32.2. The molecule has 0 unspecified atom stereocenters. The Balaban J connectivity index is 1.55. The van der Waals surface area contributed by atoms with Gasteiger partial charge in [-0.15, -0.1) is 11.3 Å². The summed E-state index contributed by atoms with van der Waals surface area (Å²) >= 11 is 0.679. The first-order chi connectivity index (χ1) is 17.9. The zero-order chi connectivity index (χ0) is 27.4. The minimum atomic E-state index is -4.80. The van der Waals surface area contributed by atoms with Crippen molar-refractivity contribution < 1.29 is 26.4 Å². The molecule has 3 aromatic rings. The first kappa shape index (κ1) is 26.4. The lowest BCUT2D eigenvalue weighted by molar-refractivity contribution is -0.137. The summed E-state index contributed by atoms with van der Waals surface area (Å²) in [6.07, 6.45) is -3.49. The van der Waals surface area contributed by atoms with Gasteiger partial charge in [-0.1, -0.05) is 6.92 Å². The number of rotatable bonds is 5. The van der Waals surface area contributed by atoms with Gasteiger partial charge < -0.3 is 20.9 Å². The highest BCUT2D eigenvalue weighted by Crippen LogP contribution is 2.42. The Hall–Kier alpha value is -3.23. The van der Waals surface area contributed by atoms with Gasteiger partial charge in [0, 0.05) is 50.3 Å². The lowest BCUT2D eigenvalue weighted by atomic mass is 10.0. The zero-order valence-corrected chi connectivity index (χ0v) is 22.2. The molecule has 1 amide bonds. The molecular formula is C24H25F3N6O3S2. The molecule has 0 saturated carbocycles. The highest BCUT2D eigenvalue weighted by molar-refractivity contribution is 7.91. The molecule has 202 valence electrons. The van der Waals surface area contributed by atoms with Crippen LogP contribution in [0.15, 0.2) is 35.4 Å². The number of hydrogen-bond acceptors (Lipinski definition) is 9. The molecule has 38 heavy (non-hydrogen) atoms. The van der Waals surface area contributed by atoms with Crippen molar-refractivity contribution in [1.82, 2.24) is 14.9 Å². The lowest BCUT2D eigenvalue weighted by Crippen LogP contribution is -2.55. The van der Waals surface area contributed by atoms with E-state index in [2.05, 4.69) is 20.2 Å². The zero-order valence-electron chi connectivity index (χ0n) is 20.5. The van der Waals surface area contributed by atoms with Crippen LogP contribution in [-0.2, 0) is 22.4 Å². The fraction of sp³-hybridized carbons (Fsp3) is 0.375. The molecule has 2 aliphatic heterocycles. The number of carbonyl (C=O) groups excluding carboxylic acids is 1. The molecule has 9 nitrogen and oxygen atoms in total. The van der Waals surface area contributed by atoms with Crippen LogP contribution in [0.3, 0.4) is 0 Å². The number of aryl methyl sites for hydroxylation is 1. The molecule has 1 aromatic carbocycles. The van der Waals surface area contributed by atoms with Crippen molar-refractivity contribution in [1.29, 1.82) is 0 Å². The third-order valence-electron chi connectivity index (χ3n) is 6.59. The summed E-state index contributed by atoms with van der Waals surface area (Å²) in [5, 5.41) is 3.01. The van der Waals surface area contributed by atoms with Gasteiger partial charge in [-0.3, -0.25) is 4.79 Å². The summed E-state index contributed by atoms with van der Waals surface area (Å²) in [5.41, 5.74) is 6.80. The number of sulfone groups is 1. The number of halogens is 3. The second kappa shape index (κ2) is 9.50. The van der Waals surface area contributed by atoms with Gasteiger partial charge in [0.2, 0.25) is 5.95 Å². The van der Waals surface area contributed by atoms with Crippen LogP contribution < -0.4 is 16.0 Å². The average Bonchev–Trinajstić information content (AvgIpc) is 3.28. The number of thiophene rings is 1. The van der Waals surface area contributed by atoms with E-state index < -0.39 is 33.2 Å². The highest BCUT2D eigenvalue weighted by Gasteiger charge is 2.38. The number of nitrogens with one attached hydrogen (secondary N) is 1. The van der Waals surface area contributed by atoms with E-state index in [1.807, 2.05) is 25.1 Å². The van der Waals surface area contributed by atoms with Crippen molar-refractivity contribution >= 4 is 44.4 Å². The van der Waals surface area contributed by atoms with Gasteiger partial charge in [0.25, 0.3) is 5.91 Å². The first-order valence-corrected chi connectivity index (χ1v) is 14.3. The second-order valence-corrected chi connectivity index (χ2v) is 12.4. The van der Waals surface area contributed by atoms with Crippen LogP contribution in [0, 0.1) is 0 Å². The van der Waals surface area contributed by atoms with Crippen LogP contribution in [0.5, 0.6) is 0 Å². The molecule has 0 bridgehead atoms. The van der Waals surface area contributed by atoms with Crippen molar-refractivity contribution in [2.75, 3.05) is 42.7 Å². The number of amides is 1. The fourth-order valence-electron chi connectivity index (χ4n) is 4.39. The number of carbonyl (C=O) groups is 1.